The van der Waals surface area contributed by atoms with Crippen LogP contribution in [-0.4, -0.2) is 23.7 Å². The molecule has 0 heterocycles. The molecule has 0 fully saturated rings. The first-order chi connectivity index (χ1) is 10.5. The number of hydrogen-bond acceptors (Lipinski definition) is 3. The van der Waals surface area contributed by atoms with Crippen molar-refractivity contribution in [1.29, 1.82) is 0 Å². The highest BCUT2D eigenvalue weighted by Gasteiger charge is 2.21. The van der Waals surface area contributed by atoms with Crippen molar-refractivity contribution in [2.24, 2.45) is 0 Å². The molecule has 0 N–H and O–H groups in total. The predicted molar refractivity (Wildman–Crippen MR) is 103 cm³/mol. The lowest BCUT2D eigenvalue weighted by Gasteiger charge is -2.23. The van der Waals surface area contributed by atoms with Gasteiger partial charge in [-0.1, -0.05) is 29.8 Å². The van der Waals surface area contributed by atoms with Crippen LogP contribution in [0.1, 0.15) is 11.1 Å². The molecule has 0 aliphatic rings. The zero-order chi connectivity index (χ0) is 17.7. The smallest absolute Gasteiger partial charge is 0.268 e. The maximum Gasteiger partial charge on any atom is 0.268 e. The van der Waals surface area contributed by atoms with Crippen LogP contribution >= 0.6 is 0 Å². The van der Waals surface area contributed by atoms with Crippen LogP contribution in [-0.2, 0) is 13.6 Å². The van der Waals surface area contributed by atoms with Gasteiger partial charge in [-0.2, -0.15) is 0 Å². The molecule has 0 saturated carbocycles. The molecule has 128 valence electrons. The Kier molecular flexibility index (Phi) is 6.71. The molecule has 0 aromatic heterocycles. The van der Waals surface area contributed by atoms with Gasteiger partial charge >= 0.3 is 0 Å². The number of allylic oxidation sites excluding steroid dienone is 1. The number of hydrogen-bond donors (Lipinski definition) is 0. The van der Waals surface area contributed by atoms with Crippen LogP contribution in [0, 0.1) is 6.92 Å². The van der Waals surface area contributed by atoms with E-state index in [2.05, 4.69) is 70.5 Å². The van der Waals surface area contributed by atoms with E-state index in [9.17, 15) is 0 Å². The average molecular weight is 351 g/mol. The predicted octanol–water partition coefficient (Wildman–Crippen LogP) is 5.53. The van der Waals surface area contributed by atoms with Crippen molar-refractivity contribution in [1.82, 2.24) is 0 Å². The lowest BCUT2D eigenvalue weighted by molar-refractivity contribution is 0.145. The van der Waals surface area contributed by atoms with Crippen molar-refractivity contribution in [3.05, 3.63) is 53.2 Å². The van der Waals surface area contributed by atoms with Gasteiger partial charge in [0.15, 0.2) is 0 Å². The van der Waals surface area contributed by atoms with E-state index in [1.807, 2.05) is 12.2 Å². The molecule has 5 heteroatoms. The maximum atomic E-state index is 6.20. The summed E-state index contributed by atoms with van der Waals surface area (Å²) >= 11 is 0. The molecule has 0 aliphatic heterocycles. The normalized spacial score (nSPS) is 13.7. The van der Waals surface area contributed by atoms with Gasteiger partial charge in [-0.25, -0.2) is 0 Å². The first-order valence-electron chi connectivity index (χ1n) is 7.90. The summed E-state index contributed by atoms with van der Waals surface area (Å²) in [6, 6.07) is 8.36. The van der Waals surface area contributed by atoms with Crippen molar-refractivity contribution in [2.45, 2.75) is 46.2 Å². The van der Waals surface area contributed by atoms with E-state index >= 15 is 0 Å². The Hall–Kier alpha value is -1.47. The molecule has 0 amide bonds. The topological polar surface area (TPSA) is 27.7 Å². The van der Waals surface area contributed by atoms with Gasteiger partial charge in [0.05, 0.1) is 13.2 Å². The van der Waals surface area contributed by atoms with E-state index in [0.717, 1.165) is 11.3 Å². The van der Waals surface area contributed by atoms with Gasteiger partial charge in [-0.15, -0.1) is 0 Å². The van der Waals surface area contributed by atoms with Gasteiger partial charge in [-0.05, 0) is 57.8 Å². The summed E-state index contributed by atoms with van der Waals surface area (Å²) in [7, 11) is -1.84. The van der Waals surface area contributed by atoms with Crippen molar-refractivity contribution in [3.8, 4) is 0 Å². The maximum absolute atomic E-state index is 6.20. The van der Waals surface area contributed by atoms with E-state index < -0.39 is 16.6 Å². The molecule has 0 unspecified atom stereocenters. The summed E-state index contributed by atoms with van der Waals surface area (Å²) in [5.74, 6) is 1.30. The number of ether oxygens (including phenoxy) is 1. The van der Waals surface area contributed by atoms with Gasteiger partial charge in [0.1, 0.15) is 5.76 Å². The molecule has 0 atom stereocenters. The van der Waals surface area contributed by atoms with Gasteiger partial charge < -0.3 is 13.6 Å². The minimum absolute atomic E-state index is 0.515. The largest absolute Gasteiger partial charge is 0.544 e. The highest BCUT2D eigenvalue weighted by atomic mass is 28.4. The number of rotatable bonds is 7. The molecule has 3 nitrogen and oxygen atoms in total. The first-order valence-corrected chi connectivity index (χ1v) is 14.7. The lowest BCUT2D eigenvalue weighted by atomic mass is 10.1. The Morgan fingerprint density at radius 2 is 1.39 bits per heavy atom. The molecular formula is C18H30O3Si2. The summed E-state index contributed by atoms with van der Waals surface area (Å²) in [6.45, 7) is 15.0. The number of aryl methyl sites for hydroxylation is 1. The summed E-state index contributed by atoms with van der Waals surface area (Å²) in [6.07, 6.45) is 3.89. The van der Waals surface area contributed by atoms with Crippen LogP contribution in [0.5, 0.6) is 0 Å². The fraction of sp³-hybridized carbons (Fsp3) is 0.444. The Morgan fingerprint density at radius 3 is 1.83 bits per heavy atom. The van der Waals surface area contributed by atoms with Crippen LogP contribution < -0.4 is 0 Å². The van der Waals surface area contributed by atoms with Crippen LogP contribution in [0.15, 0.2) is 42.0 Å². The standard InChI is InChI=1S/C18H30O3Si2/c1-15-9-11-16(12-10-15)13-17(20-22(3,4)5)14-18(19-2)21-23(6,7)8/h9-14H,1-8H3/b17-13+,18-14?. The molecule has 1 aromatic carbocycles. The molecule has 1 aromatic rings. The second-order valence-corrected chi connectivity index (χ2v) is 16.4. The summed E-state index contributed by atoms with van der Waals surface area (Å²) < 4.78 is 17.6. The highest BCUT2D eigenvalue weighted by Crippen LogP contribution is 2.20. The van der Waals surface area contributed by atoms with Gasteiger partial charge in [-0.3, -0.25) is 0 Å². The molecule has 0 radical (unpaired) electrons. The molecule has 0 bridgehead atoms. The molecule has 1 rings (SSSR count). The minimum atomic E-state index is -1.74. The van der Waals surface area contributed by atoms with Gasteiger partial charge in [0.2, 0.25) is 16.6 Å². The van der Waals surface area contributed by atoms with Crippen LogP contribution in [0.3, 0.4) is 0 Å². The Morgan fingerprint density at radius 1 is 0.870 bits per heavy atom. The van der Waals surface area contributed by atoms with Crippen molar-refractivity contribution >= 4 is 22.7 Å². The number of benzene rings is 1. The average Bonchev–Trinajstić information content (AvgIpc) is 2.37. The first kappa shape index (κ1) is 19.6. The third kappa shape index (κ3) is 8.66. The van der Waals surface area contributed by atoms with Crippen molar-refractivity contribution in [3.63, 3.8) is 0 Å². The van der Waals surface area contributed by atoms with E-state index in [4.69, 9.17) is 13.6 Å². The zero-order valence-electron chi connectivity index (χ0n) is 15.7. The molecule has 0 saturated heterocycles. The van der Waals surface area contributed by atoms with Crippen LogP contribution in [0.2, 0.25) is 39.3 Å². The Bertz CT molecular complexity index is 561. The third-order valence-corrected chi connectivity index (χ3v) is 4.34. The van der Waals surface area contributed by atoms with E-state index in [1.165, 1.54) is 5.56 Å². The quantitative estimate of drug-likeness (QED) is 0.368. The molecule has 0 spiro atoms. The second-order valence-electron chi connectivity index (χ2n) is 7.55. The van der Waals surface area contributed by atoms with Gasteiger partial charge in [0, 0.05) is 0 Å². The monoisotopic (exact) mass is 350 g/mol. The summed E-state index contributed by atoms with van der Waals surface area (Å²) in [5.41, 5.74) is 2.34. The van der Waals surface area contributed by atoms with Crippen LogP contribution in [0.25, 0.3) is 6.08 Å². The van der Waals surface area contributed by atoms with E-state index in [-0.39, 0.29) is 0 Å². The van der Waals surface area contributed by atoms with Crippen molar-refractivity contribution < 1.29 is 13.6 Å². The van der Waals surface area contributed by atoms with Crippen molar-refractivity contribution in [2.75, 3.05) is 7.11 Å². The Balaban J connectivity index is 3.16. The zero-order valence-corrected chi connectivity index (χ0v) is 17.7. The second kappa shape index (κ2) is 7.88. The Labute approximate surface area is 143 Å². The summed E-state index contributed by atoms with van der Waals surface area (Å²) in [4.78, 5) is 0. The SMILES string of the molecule is COC(=C/C(=C\c1ccc(C)cc1)O[Si](C)(C)C)O[Si](C)(C)C. The molecule has 0 aliphatic carbocycles. The highest BCUT2D eigenvalue weighted by molar-refractivity contribution is 6.70. The third-order valence-electron chi connectivity index (χ3n) is 2.68. The van der Waals surface area contributed by atoms with E-state index in [1.54, 1.807) is 7.11 Å². The van der Waals surface area contributed by atoms with Crippen LogP contribution in [0.4, 0.5) is 0 Å². The fourth-order valence-electron chi connectivity index (χ4n) is 1.83. The molecular weight excluding hydrogens is 320 g/mol. The lowest BCUT2D eigenvalue weighted by Crippen LogP contribution is -2.26. The minimum Gasteiger partial charge on any atom is -0.544 e. The number of methoxy groups -OCH3 is 1. The van der Waals surface area contributed by atoms with E-state index in [0.29, 0.717) is 5.95 Å². The molecule has 23 heavy (non-hydrogen) atoms. The fourth-order valence-corrected chi connectivity index (χ4v) is 3.40. The van der Waals surface area contributed by atoms with Gasteiger partial charge in [0.25, 0.3) is 5.95 Å². The summed E-state index contributed by atoms with van der Waals surface area (Å²) in [5, 5.41) is 0.